The molecule has 4 nitrogen and oxygen atoms in total. The Bertz CT molecular complexity index is 859. The number of fused-ring (bicyclic) bond motifs is 1. The van der Waals surface area contributed by atoms with Gasteiger partial charge in [0.05, 0.1) is 18.7 Å². The maximum Gasteiger partial charge on any atom is 0.292 e. The van der Waals surface area contributed by atoms with Gasteiger partial charge >= 0.3 is 0 Å². The van der Waals surface area contributed by atoms with Gasteiger partial charge in [-0.3, -0.25) is 9.59 Å². The summed E-state index contributed by atoms with van der Waals surface area (Å²) in [5.74, 6) is -0.132. The quantitative estimate of drug-likeness (QED) is 0.847. The maximum atomic E-state index is 13.0. The van der Waals surface area contributed by atoms with E-state index in [1.54, 1.807) is 0 Å². The summed E-state index contributed by atoms with van der Waals surface area (Å²) in [6, 6.07) is 13.9. The highest BCUT2D eigenvalue weighted by Gasteiger charge is 2.46. The second-order valence-electron chi connectivity index (χ2n) is 7.20. The van der Waals surface area contributed by atoms with E-state index >= 15 is 0 Å². The second-order valence-corrected chi connectivity index (χ2v) is 7.20. The molecule has 1 fully saturated rings. The largest absolute Gasteiger partial charge is 0.320 e. The standard InChI is InChI=1S/C21H22N2O2/c1-14-7-8-18(11-15(14)2)23-20(24)12-19(21(23)25)22-10-9-16-5-3-4-6-17(16)13-22/h3-8,11,19H,9-10,12-13H2,1-2H3/p+1/t19-/m0/s1. The summed E-state index contributed by atoms with van der Waals surface area (Å²) in [6.07, 6.45) is 1.27. The molecular weight excluding hydrogens is 312 g/mol. The van der Waals surface area contributed by atoms with E-state index in [1.165, 1.54) is 20.9 Å². The highest BCUT2D eigenvalue weighted by atomic mass is 16.2. The lowest BCUT2D eigenvalue weighted by atomic mass is 9.98. The zero-order valence-corrected chi connectivity index (χ0v) is 14.7. The molecule has 2 aromatic rings. The molecule has 0 aromatic heterocycles. The number of nitrogens with one attached hydrogen (secondary N) is 1. The first-order valence-electron chi connectivity index (χ1n) is 8.90. The molecule has 4 rings (SSSR count). The topological polar surface area (TPSA) is 41.8 Å². The van der Waals surface area contributed by atoms with E-state index in [-0.39, 0.29) is 17.9 Å². The van der Waals surface area contributed by atoms with Crippen LogP contribution < -0.4 is 9.80 Å². The Kier molecular flexibility index (Phi) is 3.92. The highest BCUT2D eigenvalue weighted by molar-refractivity contribution is 6.21. The molecule has 2 heterocycles. The van der Waals surface area contributed by atoms with Crippen LogP contribution in [0, 0.1) is 13.8 Å². The molecular formula is C21H23N2O2+. The zero-order valence-electron chi connectivity index (χ0n) is 14.7. The summed E-state index contributed by atoms with van der Waals surface area (Å²) >= 11 is 0. The van der Waals surface area contributed by atoms with Gasteiger partial charge in [-0.15, -0.1) is 0 Å². The molecule has 0 bridgehead atoms. The number of nitrogens with zero attached hydrogens (tertiary/aromatic N) is 1. The van der Waals surface area contributed by atoms with Crippen molar-refractivity contribution >= 4 is 17.5 Å². The smallest absolute Gasteiger partial charge is 0.292 e. The van der Waals surface area contributed by atoms with E-state index < -0.39 is 0 Å². The molecule has 128 valence electrons. The Morgan fingerprint density at radius 1 is 1.00 bits per heavy atom. The van der Waals surface area contributed by atoms with Crippen LogP contribution in [-0.2, 0) is 22.6 Å². The van der Waals surface area contributed by atoms with E-state index in [0.717, 1.165) is 30.6 Å². The minimum atomic E-state index is -0.262. The maximum absolute atomic E-state index is 13.0. The van der Waals surface area contributed by atoms with Crippen LogP contribution in [0.15, 0.2) is 42.5 Å². The summed E-state index contributed by atoms with van der Waals surface area (Å²) in [6.45, 7) is 5.76. The average Bonchev–Trinajstić information content (AvgIpc) is 2.91. The van der Waals surface area contributed by atoms with Crippen LogP contribution in [0.5, 0.6) is 0 Å². The van der Waals surface area contributed by atoms with Gasteiger partial charge in [-0.25, -0.2) is 4.90 Å². The van der Waals surface area contributed by atoms with Crippen LogP contribution in [0.4, 0.5) is 5.69 Å². The Morgan fingerprint density at radius 2 is 1.76 bits per heavy atom. The number of aryl methyl sites for hydroxylation is 2. The lowest BCUT2D eigenvalue weighted by Crippen LogP contribution is -3.16. The van der Waals surface area contributed by atoms with E-state index in [4.69, 9.17) is 0 Å². The van der Waals surface area contributed by atoms with Gasteiger partial charge in [-0.05, 0) is 42.7 Å². The highest BCUT2D eigenvalue weighted by Crippen LogP contribution is 2.25. The molecule has 2 aromatic carbocycles. The van der Waals surface area contributed by atoms with E-state index in [0.29, 0.717) is 12.1 Å². The normalized spacial score (nSPS) is 23.0. The fourth-order valence-corrected chi connectivity index (χ4v) is 3.99. The third-order valence-electron chi connectivity index (χ3n) is 5.64. The molecule has 0 aliphatic carbocycles. The van der Waals surface area contributed by atoms with Gasteiger partial charge < -0.3 is 4.90 Å². The summed E-state index contributed by atoms with van der Waals surface area (Å²) in [5.41, 5.74) is 5.64. The number of carbonyl (C=O) groups excluding carboxylic acids is 2. The van der Waals surface area contributed by atoms with Crippen molar-refractivity contribution in [3.05, 3.63) is 64.7 Å². The second kappa shape index (κ2) is 6.12. The molecule has 1 N–H and O–H groups in total. The van der Waals surface area contributed by atoms with Crippen LogP contribution >= 0.6 is 0 Å². The van der Waals surface area contributed by atoms with E-state index in [9.17, 15) is 9.59 Å². The number of hydrogen-bond acceptors (Lipinski definition) is 2. The van der Waals surface area contributed by atoms with Crippen LogP contribution in [0.2, 0.25) is 0 Å². The minimum Gasteiger partial charge on any atom is -0.320 e. The fourth-order valence-electron chi connectivity index (χ4n) is 3.99. The van der Waals surface area contributed by atoms with Crippen LogP contribution in [0.3, 0.4) is 0 Å². The summed E-state index contributed by atoms with van der Waals surface area (Å²) in [5, 5.41) is 0. The first-order valence-corrected chi connectivity index (χ1v) is 8.90. The van der Waals surface area contributed by atoms with Gasteiger partial charge in [0.1, 0.15) is 6.54 Å². The SMILES string of the molecule is Cc1ccc(N2C(=O)C[C@H]([NH+]3CCc4ccccc4C3)C2=O)cc1C. The lowest BCUT2D eigenvalue weighted by Gasteiger charge is -2.29. The molecule has 25 heavy (non-hydrogen) atoms. The number of quaternary nitrogens is 1. The molecule has 4 heteroatoms. The summed E-state index contributed by atoms with van der Waals surface area (Å²) < 4.78 is 0. The number of rotatable bonds is 2. The Labute approximate surface area is 148 Å². The van der Waals surface area contributed by atoms with Crippen LogP contribution in [0.25, 0.3) is 0 Å². The zero-order chi connectivity index (χ0) is 17.6. The van der Waals surface area contributed by atoms with Crippen molar-refractivity contribution in [3.63, 3.8) is 0 Å². The first kappa shape index (κ1) is 16.0. The van der Waals surface area contributed by atoms with Gasteiger partial charge in [0.15, 0.2) is 6.04 Å². The molecule has 1 saturated heterocycles. The Morgan fingerprint density at radius 3 is 2.52 bits per heavy atom. The van der Waals surface area contributed by atoms with E-state index in [1.807, 2.05) is 38.1 Å². The molecule has 2 aliphatic heterocycles. The van der Waals surface area contributed by atoms with Gasteiger partial charge in [0.2, 0.25) is 5.91 Å². The van der Waals surface area contributed by atoms with Gasteiger partial charge in [0.25, 0.3) is 5.91 Å². The monoisotopic (exact) mass is 335 g/mol. The number of hydrogen-bond donors (Lipinski definition) is 1. The Balaban J connectivity index is 1.58. The number of anilines is 1. The molecule has 0 radical (unpaired) electrons. The summed E-state index contributed by atoms with van der Waals surface area (Å²) in [4.78, 5) is 28.2. The van der Waals surface area contributed by atoms with Gasteiger partial charge in [-0.1, -0.05) is 30.3 Å². The van der Waals surface area contributed by atoms with Gasteiger partial charge in [0, 0.05) is 12.0 Å². The number of carbonyl (C=O) groups is 2. The summed E-state index contributed by atoms with van der Waals surface area (Å²) in [7, 11) is 0. The predicted molar refractivity (Wildman–Crippen MR) is 96.5 cm³/mol. The van der Waals surface area contributed by atoms with Crippen molar-refractivity contribution in [1.29, 1.82) is 0 Å². The first-order chi connectivity index (χ1) is 12.0. The average molecular weight is 335 g/mol. The van der Waals surface area contributed by atoms with Crippen molar-refractivity contribution < 1.29 is 14.5 Å². The van der Waals surface area contributed by atoms with E-state index in [2.05, 4.69) is 18.2 Å². The van der Waals surface area contributed by atoms with Crippen molar-refractivity contribution in [1.82, 2.24) is 0 Å². The Hall–Kier alpha value is -2.46. The third-order valence-corrected chi connectivity index (χ3v) is 5.64. The molecule has 0 saturated carbocycles. The lowest BCUT2D eigenvalue weighted by molar-refractivity contribution is -0.930. The molecule has 2 aliphatic rings. The molecule has 2 atom stereocenters. The van der Waals surface area contributed by atoms with Crippen LogP contribution in [0.1, 0.15) is 28.7 Å². The number of imide groups is 1. The fraction of sp³-hybridized carbons (Fsp3) is 0.333. The van der Waals surface area contributed by atoms with Gasteiger partial charge in [-0.2, -0.15) is 0 Å². The molecule has 2 amide bonds. The van der Waals surface area contributed by atoms with Crippen molar-refractivity contribution in [2.24, 2.45) is 0 Å². The number of benzene rings is 2. The minimum absolute atomic E-state index is 0.0531. The van der Waals surface area contributed by atoms with Crippen molar-refractivity contribution in [3.8, 4) is 0 Å². The molecule has 1 unspecified atom stereocenters. The molecule has 0 spiro atoms. The third kappa shape index (κ3) is 2.76. The van der Waals surface area contributed by atoms with Crippen LogP contribution in [-0.4, -0.2) is 24.4 Å². The predicted octanol–water partition coefficient (Wildman–Crippen LogP) is 1.58. The number of amides is 2. The van der Waals surface area contributed by atoms with Crippen molar-refractivity contribution in [2.45, 2.75) is 39.3 Å². The van der Waals surface area contributed by atoms with Crippen molar-refractivity contribution in [2.75, 3.05) is 11.4 Å².